The number of unbranched alkanes of at least 4 members (excludes halogenated alkanes) is 10. The van der Waals surface area contributed by atoms with Crippen molar-refractivity contribution in [2.45, 2.75) is 104 Å². The molecule has 1 N–H and O–H groups in total. The molecule has 0 spiro atoms. The van der Waals surface area contributed by atoms with Crippen LogP contribution in [-0.2, 0) is 12.8 Å². The molecule has 0 saturated carbocycles. The molecule has 0 aliphatic carbocycles. The number of hydrogen-bond acceptors (Lipinski definition) is 2. The van der Waals surface area contributed by atoms with Crippen molar-refractivity contribution in [2.75, 3.05) is 0 Å². The summed E-state index contributed by atoms with van der Waals surface area (Å²) >= 11 is 0. The molecule has 2 aromatic rings. The zero-order chi connectivity index (χ0) is 21.4. The van der Waals surface area contributed by atoms with Crippen LogP contribution in [-0.4, -0.2) is 5.11 Å². The largest absolute Gasteiger partial charge is 0.504 e. The zero-order valence-electron chi connectivity index (χ0n) is 19.3. The summed E-state index contributed by atoms with van der Waals surface area (Å²) in [5, 5.41) is 10.6. The Morgan fingerprint density at radius 3 is 1.83 bits per heavy atom. The summed E-state index contributed by atoms with van der Waals surface area (Å²) in [7, 11) is 0. The Morgan fingerprint density at radius 2 is 1.20 bits per heavy atom. The van der Waals surface area contributed by atoms with E-state index in [0.29, 0.717) is 5.75 Å². The van der Waals surface area contributed by atoms with E-state index in [1.165, 1.54) is 81.8 Å². The minimum absolute atomic E-state index is 0.256. The van der Waals surface area contributed by atoms with E-state index >= 15 is 0 Å². The SMILES string of the molecule is CCCCCCCCc1ccc(O)c(Oc2ccccc2)c1CCCCCCCC. The molecule has 30 heavy (non-hydrogen) atoms. The molecule has 0 aliphatic rings. The van der Waals surface area contributed by atoms with Crippen molar-refractivity contribution in [3.63, 3.8) is 0 Å². The first-order valence-electron chi connectivity index (χ1n) is 12.3. The summed E-state index contributed by atoms with van der Waals surface area (Å²) in [5.74, 6) is 1.71. The smallest absolute Gasteiger partial charge is 0.172 e. The first-order valence-corrected chi connectivity index (χ1v) is 12.3. The fraction of sp³-hybridized carbons (Fsp3) is 0.571. The predicted octanol–water partition coefficient (Wildman–Crippen LogP) is 8.99. The average Bonchev–Trinajstić information content (AvgIpc) is 2.77. The maximum atomic E-state index is 10.6. The van der Waals surface area contributed by atoms with E-state index in [0.717, 1.165) is 25.0 Å². The third-order valence-electron chi connectivity index (χ3n) is 5.88. The molecule has 0 aromatic heterocycles. The Hall–Kier alpha value is -1.96. The van der Waals surface area contributed by atoms with Gasteiger partial charge in [-0.15, -0.1) is 0 Å². The fourth-order valence-electron chi connectivity index (χ4n) is 4.06. The Labute approximate surface area is 184 Å². The highest BCUT2D eigenvalue weighted by atomic mass is 16.5. The van der Waals surface area contributed by atoms with Gasteiger partial charge in [-0.1, -0.05) is 102 Å². The molecule has 0 atom stereocenters. The van der Waals surface area contributed by atoms with Crippen LogP contribution >= 0.6 is 0 Å². The van der Waals surface area contributed by atoms with E-state index in [-0.39, 0.29) is 5.75 Å². The quantitative estimate of drug-likeness (QED) is 0.280. The molecular weight excluding hydrogens is 368 g/mol. The van der Waals surface area contributed by atoms with E-state index in [2.05, 4.69) is 19.9 Å². The van der Waals surface area contributed by atoms with Crippen molar-refractivity contribution in [1.82, 2.24) is 0 Å². The number of aromatic hydroxyl groups is 1. The molecule has 166 valence electrons. The summed E-state index contributed by atoms with van der Waals surface area (Å²) in [6.45, 7) is 4.52. The lowest BCUT2D eigenvalue weighted by Gasteiger charge is -2.17. The van der Waals surface area contributed by atoms with E-state index in [4.69, 9.17) is 4.74 Å². The molecule has 0 unspecified atom stereocenters. The monoisotopic (exact) mass is 410 g/mol. The summed E-state index contributed by atoms with van der Waals surface area (Å²) in [4.78, 5) is 0. The van der Waals surface area contributed by atoms with Crippen LogP contribution in [0.4, 0.5) is 0 Å². The number of aryl methyl sites for hydroxylation is 1. The van der Waals surface area contributed by atoms with Crippen molar-refractivity contribution in [2.24, 2.45) is 0 Å². The summed E-state index contributed by atoms with van der Waals surface area (Å²) in [6.07, 6.45) is 17.5. The fourth-order valence-corrected chi connectivity index (χ4v) is 4.06. The molecule has 0 aliphatic heterocycles. The van der Waals surface area contributed by atoms with Crippen molar-refractivity contribution in [1.29, 1.82) is 0 Å². The van der Waals surface area contributed by atoms with Gasteiger partial charge in [0.1, 0.15) is 5.75 Å². The lowest BCUT2D eigenvalue weighted by molar-refractivity contribution is 0.405. The molecule has 2 heteroatoms. The standard InChI is InChI=1S/C28H42O2/c1-3-5-7-9-11-14-18-24-22-23-27(29)28(30-25-19-15-13-16-20-25)26(24)21-17-12-10-8-6-4-2/h13,15-16,19-20,22-23,29H,3-12,14,17-18,21H2,1-2H3. The van der Waals surface area contributed by atoms with E-state index in [1.54, 1.807) is 0 Å². The zero-order valence-corrected chi connectivity index (χ0v) is 19.3. The second-order valence-corrected chi connectivity index (χ2v) is 8.50. The van der Waals surface area contributed by atoms with Gasteiger partial charge in [0, 0.05) is 5.56 Å². The van der Waals surface area contributed by atoms with Gasteiger partial charge < -0.3 is 9.84 Å². The molecule has 2 aromatic carbocycles. The number of hydrogen-bond donors (Lipinski definition) is 1. The number of benzene rings is 2. The van der Waals surface area contributed by atoms with Gasteiger partial charge in [0.25, 0.3) is 0 Å². The van der Waals surface area contributed by atoms with Crippen LogP contribution in [0.1, 0.15) is 102 Å². The van der Waals surface area contributed by atoms with Gasteiger partial charge in [0.15, 0.2) is 11.5 Å². The maximum absolute atomic E-state index is 10.6. The van der Waals surface area contributed by atoms with Gasteiger partial charge in [-0.2, -0.15) is 0 Å². The Morgan fingerprint density at radius 1 is 0.633 bits per heavy atom. The van der Waals surface area contributed by atoms with Gasteiger partial charge in [-0.25, -0.2) is 0 Å². The van der Waals surface area contributed by atoms with E-state index < -0.39 is 0 Å². The van der Waals surface area contributed by atoms with E-state index in [9.17, 15) is 5.11 Å². The van der Waals surface area contributed by atoms with Crippen LogP contribution < -0.4 is 4.74 Å². The molecular formula is C28H42O2. The lowest BCUT2D eigenvalue weighted by atomic mass is 9.95. The van der Waals surface area contributed by atoms with Crippen molar-refractivity contribution < 1.29 is 9.84 Å². The topological polar surface area (TPSA) is 29.5 Å². The number of phenols is 1. The van der Waals surface area contributed by atoms with Gasteiger partial charge in [-0.3, -0.25) is 0 Å². The predicted molar refractivity (Wildman–Crippen MR) is 129 cm³/mol. The van der Waals surface area contributed by atoms with Crippen LogP contribution in [0.2, 0.25) is 0 Å². The van der Waals surface area contributed by atoms with Crippen molar-refractivity contribution in [3.05, 3.63) is 53.6 Å². The molecule has 0 heterocycles. The second kappa shape index (κ2) is 14.9. The highest BCUT2D eigenvalue weighted by molar-refractivity contribution is 5.52. The molecule has 0 saturated heterocycles. The van der Waals surface area contributed by atoms with Crippen LogP contribution in [0.3, 0.4) is 0 Å². The van der Waals surface area contributed by atoms with Gasteiger partial charge in [0.05, 0.1) is 0 Å². The van der Waals surface area contributed by atoms with Crippen LogP contribution in [0.5, 0.6) is 17.2 Å². The van der Waals surface area contributed by atoms with Crippen molar-refractivity contribution >= 4 is 0 Å². The second-order valence-electron chi connectivity index (χ2n) is 8.50. The van der Waals surface area contributed by atoms with Gasteiger partial charge >= 0.3 is 0 Å². The minimum Gasteiger partial charge on any atom is -0.504 e. The molecule has 0 radical (unpaired) electrons. The summed E-state index contributed by atoms with van der Waals surface area (Å²) in [6, 6.07) is 13.8. The summed E-state index contributed by atoms with van der Waals surface area (Å²) in [5.41, 5.74) is 2.56. The van der Waals surface area contributed by atoms with Crippen LogP contribution in [0.15, 0.2) is 42.5 Å². The number of phenolic OH excluding ortho intramolecular Hbond substituents is 1. The minimum atomic E-state index is 0.256. The first-order chi connectivity index (χ1) is 14.8. The molecule has 2 rings (SSSR count). The molecule has 0 bridgehead atoms. The van der Waals surface area contributed by atoms with E-state index in [1.807, 2.05) is 36.4 Å². The highest BCUT2D eigenvalue weighted by Crippen LogP contribution is 2.38. The number of ether oxygens (including phenoxy) is 1. The number of rotatable bonds is 16. The Bertz CT molecular complexity index is 693. The van der Waals surface area contributed by atoms with Gasteiger partial charge in [-0.05, 0) is 49.4 Å². The van der Waals surface area contributed by atoms with Crippen molar-refractivity contribution in [3.8, 4) is 17.2 Å². The van der Waals surface area contributed by atoms with Gasteiger partial charge in [0.2, 0.25) is 0 Å². The first kappa shape index (κ1) is 24.3. The van der Waals surface area contributed by atoms with Crippen LogP contribution in [0, 0.1) is 0 Å². The van der Waals surface area contributed by atoms with Crippen LogP contribution in [0.25, 0.3) is 0 Å². The molecule has 0 amide bonds. The molecule has 0 fully saturated rings. The third-order valence-corrected chi connectivity index (χ3v) is 5.88. The molecule has 2 nitrogen and oxygen atoms in total. The number of para-hydroxylation sites is 1. The third kappa shape index (κ3) is 8.81. The Balaban J connectivity index is 2.06. The normalized spacial score (nSPS) is 11.0. The highest BCUT2D eigenvalue weighted by Gasteiger charge is 2.15. The summed E-state index contributed by atoms with van der Waals surface area (Å²) < 4.78 is 6.19. The Kier molecular flexibility index (Phi) is 12.1. The maximum Gasteiger partial charge on any atom is 0.172 e. The lowest BCUT2D eigenvalue weighted by Crippen LogP contribution is -2.00. The average molecular weight is 411 g/mol.